The molecule has 0 radical (unpaired) electrons. The molecule has 1 heterocycles. The van der Waals surface area contributed by atoms with Crippen molar-refractivity contribution in [1.29, 1.82) is 0 Å². The van der Waals surface area contributed by atoms with Crippen molar-refractivity contribution in [2.24, 2.45) is 0 Å². The Bertz CT molecular complexity index is 350. The number of rotatable bonds is 5. The first kappa shape index (κ1) is 12.2. The van der Waals surface area contributed by atoms with Crippen LogP contribution in [0, 0.1) is 0 Å². The molecule has 0 saturated carbocycles. The van der Waals surface area contributed by atoms with Crippen LogP contribution in [0.5, 0.6) is 0 Å². The fraction of sp³-hybridized carbons (Fsp3) is 0.455. The van der Waals surface area contributed by atoms with Gasteiger partial charge in [0.2, 0.25) is 0 Å². The normalized spacial score (nSPS) is 10.1. The lowest BCUT2D eigenvalue weighted by Crippen LogP contribution is -2.06. The largest absolute Gasteiger partial charge is 0.366 e. The van der Waals surface area contributed by atoms with Crippen molar-refractivity contribution in [2.45, 2.75) is 26.7 Å². The minimum absolute atomic E-state index is 0.745. The number of nitrogens with zero attached hydrogens (tertiary/aromatic N) is 2. The minimum Gasteiger partial charge on any atom is -0.366 e. The molecule has 1 rings (SSSR count). The second kappa shape index (κ2) is 5.85. The van der Waals surface area contributed by atoms with E-state index in [-0.39, 0.29) is 0 Å². The molecule has 0 unspecified atom stereocenters. The van der Waals surface area contributed by atoms with Gasteiger partial charge in [-0.25, -0.2) is 9.97 Å². The lowest BCUT2D eigenvalue weighted by Gasteiger charge is -2.07. The van der Waals surface area contributed by atoms with Crippen molar-refractivity contribution in [3.05, 3.63) is 28.6 Å². The van der Waals surface area contributed by atoms with E-state index in [1.165, 1.54) is 0 Å². The number of nitrogens with one attached hydrogen (secondary N) is 1. The van der Waals surface area contributed by atoms with Crippen molar-refractivity contribution in [1.82, 2.24) is 9.97 Å². The summed E-state index contributed by atoms with van der Waals surface area (Å²) in [4.78, 5) is 8.70. The van der Waals surface area contributed by atoms with Gasteiger partial charge in [0.25, 0.3) is 0 Å². The highest BCUT2D eigenvalue weighted by Crippen LogP contribution is 2.13. The zero-order valence-corrected chi connectivity index (χ0v) is 10.8. The van der Waals surface area contributed by atoms with E-state index in [1.807, 2.05) is 13.0 Å². The summed E-state index contributed by atoms with van der Waals surface area (Å²) in [5.74, 6) is 1.72. The van der Waals surface area contributed by atoms with E-state index in [0.717, 1.165) is 41.2 Å². The molecular weight excluding hydrogens is 254 g/mol. The SMILES string of the molecule is C=C(C)CNc1cc(Br)nc(CCC)n1. The first-order valence-corrected chi connectivity index (χ1v) is 5.83. The van der Waals surface area contributed by atoms with Crippen LogP contribution >= 0.6 is 15.9 Å². The van der Waals surface area contributed by atoms with E-state index in [1.54, 1.807) is 0 Å². The second-order valence-electron chi connectivity index (χ2n) is 3.55. The van der Waals surface area contributed by atoms with Crippen LogP contribution in [0.1, 0.15) is 26.1 Å². The monoisotopic (exact) mass is 269 g/mol. The zero-order valence-electron chi connectivity index (χ0n) is 9.18. The molecule has 0 bridgehead atoms. The Morgan fingerprint density at radius 1 is 1.53 bits per heavy atom. The first-order valence-electron chi connectivity index (χ1n) is 5.03. The molecule has 3 nitrogen and oxygen atoms in total. The summed E-state index contributed by atoms with van der Waals surface area (Å²) in [5.41, 5.74) is 1.08. The Kier molecular flexibility index (Phi) is 4.75. The van der Waals surface area contributed by atoms with Crippen molar-refractivity contribution in [3.8, 4) is 0 Å². The topological polar surface area (TPSA) is 37.8 Å². The van der Waals surface area contributed by atoms with Crippen LogP contribution in [-0.2, 0) is 6.42 Å². The van der Waals surface area contributed by atoms with Gasteiger partial charge in [-0.3, -0.25) is 0 Å². The number of halogens is 1. The summed E-state index contributed by atoms with van der Waals surface area (Å²) in [7, 11) is 0. The van der Waals surface area contributed by atoms with E-state index in [9.17, 15) is 0 Å². The lowest BCUT2D eigenvalue weighted by atomic mass is 10.3. The highest BCUT2D eigenvalue weighted by atomic mass is 79.9. The zero-order chi connectivity index (χ0) is 11.3. The maximum Gasteiger partial charge on any atom is 0.132 e. The number of anilines is 1. The Morgan fingerprint density at radius 2 is 2.27 bits per heavy atom. The molecule has 1 aromatic rings. The van der Waals surface area contributed by atoms with Gasteiger partial charge in [0, 0.05) is 19.0 Å². The molecule has 1 N–H and O–H groups in total. The van der Waals surface area contributed by atoms with E-state index in [2.05, 4.69) is 44.7 Å². The van der Waals surface area contributed by atoms with Crippen LogP contribution in [0.15, 0.2) is 22.8 Å². The molecule has 0 saturated heterocycles. The first-order chi connectivity index (χ1) is 7.11. The smallest absolute Gasteiger partial charge is 0.132 e. The lowest BCUT2D eigenvalue weighted by molar-refractivity contribution is 0.829. The molecule has 82 valence electrons. The molecule has 1 aromatic heterocycles. The van der Waals surface area contributed by atoms with Crippen LogP contribution in [0.2, 0.25) is 0 Å². The van der Waals surface area contributed by atoms with E-state index in [0.29, 0.717) is 0 Å². The molecule has 0 aliphatic heterocycles. The van der Waals surface area contributed by atoms with Gasteiger partial charge in [-0.15, -0.1) is 0 Å². The fourth-order valence-corrected chi connectivity index (χ4v) is 1.55. The number of hydrogen-bond acceptors (Lipinski definition) is 3. The Morgan fingerprint density at radius 3 is 2.87 bits per heavy atom. The van der Waals surface area contributed by atoms with Crippen LogP contribution in [-0.4, -0.2) is 16.5 Å². The number of aryl methyl sites for hydroxylation is 1. The highest BCUT2D eigenvalue weighted by molar-refractivity contribution is 9.10. The van der Waals surface area contributed by atoms with Crippen molar-refractivity contribution < 1.29 is 0 Å². The van der Waals surface area contributed by atoms with Gasteiger partial charge in [0.15, 0.2) is 0 Å². The average molecular weight is 270 g/mol. The maximum absolute atomic E-state index is 4.40. The van der Waals surface area contributed by atoms with Gasteiger partial charge in [0.05, 0.1) is 0 Å². The third-order valence-electron chi connectivity index (χ3n) is 1.79. The molecule has 4 heteroatoms. The molecule has 0 atom stereocenters. The standard InChI is InChI=1S/C11H16BrN3/c1-4-5-10-14-9(12)6-11(15-10)13-7-8(2)3/h6H,2,4-5,7H2,1,3H3,(H,13,14,15). The van der Waals surface area contributed by atoms with Crippen LogP contribution in [0.25, 0.3) is 0 Å². The molecule has 0 aliphatic carbocycles. The summed E-state index contributed by atoms with van der Waals surface area (Å²) in [6.07, 6.45) is 1.96. The Balaban J connectivity index is 2.74. The van der Waals surface area contributed by atoms with Crippen LogP contribution in [0.3, 0.4) is 0 Å². The Labute approximate surface area is 99.2 Å². The quantitative estimate of drug-likeness (QED) is 0.659. The van der Waals surface area contributed by atoms with Crippen molar-refractivity contribution in [2.75, 3.05) is 11.9 Å². The van der Waals surface area contributed by atoms with Crippen molar-refractivity contribution >= 4 is 21.7 Å². The average Bonchev–Trinajstić information content (AvgIpc) is 2.14. The third-order valence-corrected chi connectivity index (χ3v) is 2.19. The van der Waals surface area contributed by atoms with Crippen LogP contribution < -0.4 is 5.32 Å². The van der Waals surface area contributed by atoms with Gasteiger partial charge < -0.3 is 5.32 Å². The molecule has 0 amide bonds. The van der Waals surface area contributed by atoms with Gasteiger partial charge >= 0.3 is 0 Å². The summed E-state index contributed by atoms with van der Waals surface area (Å²) >= 11 is 3.38. The van der Waals surface area contributed by atoms with Crippen LogP contribution in [0.4, 0.5) is 5.82 Å². The number of aromatic nitrogens is 2. The number of hydrogen-bond donors (Lipinski definition) is 1. The predicted molar refractivity (Wildman–Crippen MR) is 67.0 cm³/mol. The molecule has 15 heavy (non-hydrogen) atoms. The third kappa shape index (κ3) is 4.42. The summed E-state index contributed by atoms with van der Waals surface area (Å²) in [5, 5.41) is 3.20. The molecule has 0 fully saturated rings. The second-order valence-corrected chi connectivity index (χ2v) is 4.37. The molecular formula is C11H16BrN3. The maximum atomic E-state index is 4.40. The molecule has 0 aliphatic rings. The summed E-state index contributed by atoms with van der Waals surface area (Å²) in [6.45, 7) is 8.68. The highest BCUT2D eigenvalue weighted by Gasteiger charge is 2.01. The van der Waals surface area contributed by atoms with E-state index >= 15 is 0 Å². The molecule has 0 spiro atoms. The van der Waals surface area contributed by atoms with E-state index in [4.69, 9.17) is 0 Å². The van der Waals surface area contributed by atoms with Gasteiger partial charge in [-0.1, -0.05) is 19.1 Å². The van der Waals surface area contributed by atoms with Gasteiger partial charge in [-0.2, -0.15) is 0 Å². The Hall–Kier alpha value is -0.900. The van der Waals surface area contributed by atoms with Crippen molar-refractivity contribution in [3.63, 3.8) is 0 Å². The fourth-order valence-electron chi connectivity index (χ4n) is 1.13. The minimum atomic E-state index is 0.745. The predicted octanol–water partition coefficient (Wildman–Crippen LogP) is 3.18. The van der Waals surface area contributed by atoms with Gasteiger partial charge in [-0.05, 0) is 29.3 Å². The summed E-state index contributed by atoms with van der Waals surface area (Å²) < 4.78 is 0.824. The van der Waals surface area contributed by atoms with Gasteiger partial charge in [0.1, 0.15) is 16.2 Å². The van der Waals surface area contributed by atoms with E-state index < -0.39 is 0 Å². The molecule has 0 aromatic carbocycles. The summed E-state index contributed by atoms with van der Waals surface area (Å²) in [6, 6.07) is 1.88.